The van der Waals surface area contributed by atoms with Crippen LogP contribution < -0.4 is 5.73 Å². The zero-order valence-electron chi connectivity index (χ0n) is 6.09. The third kappa shape index (κ3) is 2.23. The molecule has 0 spiro atoms. The molecule has 0 unspecified atom stereocenters. The molecule has 0 radical (unpaired) electrons. The molecule has 1 aromatic heterocycles. The summed E-state index contributed by atoms with van der Waals surface area (Å²) in [5, 5.41) is 0. The Bertz CT molecular complexity index is 172. The molecule has 0 aliphatic rings. The molecule has 0 amide bonds. The van der Waals surface area contributed by atoms with E-state index in [-0.39, 0.29) is 12.4 Å². The van der Waals surface area contributed by atoms with Gasteiger partial charge in [-0.3, -0.25) is 0 Å². The highest BCUT2D eigenvalue weighted by molar-refractivity contribution is 5.85. The van der Waals surface area contributed by atoms with Crippen LogP contribution in [0, 0.1) is 13.8 Å². The number of anilines is 1. The number of rotatable bonds is 0. The molecule has 0 fully saturated rings. The van der Waals surface area contributed by atoms with Crippen molar-refractivity contribution in [2.45, 2.75) is 13.8 Å². The minimum Gasteiger partial charge on any atom is -0.384 e. The maximum atomic E-state index is 5.45. The van der Waals surface area contributed by atoms with E-state index in [1.807, 2.05) is 26.0 Å². The van der Waals surface area contributed by atoms with Gasteiger partial charge in [0.15, 0.2) is 0 Å². The lowest BCUT2D eigenvalue weighted by Crippen LogP contribution is -1.92. The van der Waals surface area contributed by atoms with Crippen LogP contribution in [0.1, 0.15) is 11.3 Å². The fraction of sp³-hybridized carbons (Fsp3) is 0.286. The molecule has 3 heteroatoms. The molecular weight excluding hydrogens is 148 g/mol. The minimum atomic E-state index is 0. The zero-order valence-corrected chi connectivity index (χ0v) is 6.90. The molecule has 2 nitrogen and oxygen atoms in total. The van der Waals surface area contributed by atoms with Crippen LogP contribution in [-0.2, 0) is 0 Å². The maximum absolute atomic E-state index is 5.45. The van der Waals surface area contributed by atoms with E-state index in [0.29, 0.717) is 5.82 Å². The Kier molecular flexibility index (Phi) is 3.16. The van der Waals surface area contributed by atoms with Crippen molar-refractivity contribution in [3.05, 3.63) is 23.4 Å². The first kappa shape index (κ1) is 9.24. The van der Waals surface area contributed by atoms with Crippen molar-refractivity contribution >= 4 is 18.2 Å². The number of halogens is 1. The van der Waals surface area contributed by atoms with Crippen LogP contribution in [0.5, 0.6) is 0 Å². The highest BCUT2D eigenvalue weighted by Crippen LogP contribution is 2.03. The van der Waals surface area contributed by atoms with Gasteiger partial charge >= 0.3 is 0 Å². The summed E-state index contributed by atoms with van der Waals surface area (Å²) in [4.78, 5) is 4.01. The first-order valence-electron chi connectivity index (χ1n) is 2.89. The van der Waals surface area contributed by atoms with E-state index in [2.05, 4.69) is 4.98 Å². The molecule has 1 rings (SSSR count). The predicted molar refractivity (Wildman–Crippen MR) is 45.4 cm³/mol. The highest BCUT2D eigenvalue weighted by Gasteiger charge is 1.89. The number of aryl methyl sites for hydroxylation is 2. The molecule has 2 N–H and O–H groups in total. The van der Waals surface area contributed by atoms with Crippen molar-refractivity contribution in [3.63, 3.8) is 0 Å². The van der Waals surface area contributed by atoms with Gasteiger partial charge in [-0.2, -0.15) is 0 Å². The lowest BCUT2D eigenvalue weighted by molar-refractivity contribution is 1.19. The van der Waals surface area contributed by atoms with Crippen LogP contribution in [0.25, 0.3) is 0 Å². The number of nitrogen functional groups attached to an aromatic ring is 1. The topological polar surface area (TPSA) is 38.9 Å². The fourth-order valence-corrected chi connectivity index (χ4v) is 0.873. The van der Waals surface area contributed by atoms with E-state index in [9.17, 15) is 0 Å². The van der Waals surface area contributed by atoms with Crippen molar-refractivity contribution in [1.82, 2.24) is 4.98 Å². The molecule has 10 heavy (non-hydrogen) atoms. The molecule has 56 valence electrons. The van der Waals surface area contributed by atoms with Crippen LogP contribution in [0.2, 0.25) is 0 Å². The Morgan fingerprint density at radius 1 is 1.30 bits per heavy atom. The van der Waals surface area contributed by atoms with E-state index < -0.39 is 0 Å². The minimum absolute atomic E-state index is 0. The molecule has 0 bridgehead atoms. The summed E-state index contributed by atoms with van der Waals surface area (Å²) >= 11 is 0. The number of aromatic nitrogens is 1. The molecule has 0 aromatic carbocycles. The second-order valence-corrected chi connectivity index (χ2v) is 2.21. The van der Waals surface area contributed by atoms with Gasteiger partial charge in [0.05, 0.1) is 0 Å². The Morgan fingerprint density at radius 2 is 1.90 bits per heavy atom. The average Bonchev–Trinajstić information content (AvgIpc) is 1.59. The molecule has 0 aliphatic carbocycles. The Hall–Kier alpha value is -0.760. The largest absolute Gasteiger partial charge is 0.384 e. The summed E-state index contributed by atoms with van der Waals surface area (Å²) in [7, 11) is 0. The van der Waals surface area contributed by atoms with Crippen molar-refractivity contribution in [2.75, 3.05) is 5.73 Å². The first-order chi connectivity index (χ1) is 4.18. The quantitative estimate of drug-likeness (QED) is 0.624. The summed E-state index contributed by atoms with van der Waals surface area (Å²) < 4.78 is 0. The van der Waals surface area contributed by atoms with Crippen molar-refractivity contribution in [3.8, 4) is 0 Å². The second-order valence-electron chi connectivity index (χ2n) is 2.21. The van der Waals surface area contributed by atoms with Crippen LogP contribution in [0.15, 0.2) is 12.1 Å². The second kappa shape index (κ2) is 3.42. The van der Waals surface area contributed by atoms with Crippen LogP contribution in [-0.4, -0.2) is 4.98 Å². The zero-order chi connectivity index (χ0) is 6.85. The number of nitrogens with two attached hydrogens (primary N) is 1. The first-order valence-corrected chi connectivity index (χ1v) is 2.89. The number of pyridine rings is 1. The molecular formula is C7H11ClN2. The van der Waals surface area contributed by atoms with Gasteiger partial charge in [-0.15, -0.1) is 12.4 Å². The Labute approximate surface area is 66.9 Å². The standard InChI is InChI=1S/C7H10N2.ClH/c1-5-3-6(2)9-7(8)4-5;/h3-4H,1-2H3,(H2,8,9);1H. The lowest BCUT2D eigenvalue weighted by atomic mass is 10.2. The van der Waals surface area contributed by atoms with Crippen LogP contribution >= 0.6 is 12.4 Å². The number of hydrogen-bond donors (Lipinski definition) is 1. The summed E-state index contributed by atoms with van der Waals surface area (Å²) in [5.74, 6) is 0.604. The van der Waals surface area contributed by atoms with E-state index in [4.69, 9.17) is 5.73 Å². The van der Waals surface area contributed by atoms with E-state index in [1.165, 1.54) is 5.56 Å². The third-order valence-corrected chi connectivity index (χ3v) is 1.12. The summed E-state index contributed by atoms with van der Waals surface area (Å²) in [6.07, 6.45) is 0. The number of hydrogen-bond acceptors (Lipinski definition) is 2. The molecule has 0 atom stereocenters. The Morgan fingerprint density at radius 3 is 2.30 bits per heavy atom. The van der Waals surface area contributed by atoms with E-state index in [0.717, 1.165) is 5.69 Å². The van der Waals surface area contributed by atoms with Gasteiger partial charge in [-0.05, 0) is 31.5 Å². The number of nitrogens with zero attached hydrogens (tertiary/aromatic N) is 1. The lowest BCUT2D eigenvalue weighted by Gasteiger charge is -1.96. The average molecular weight is 159 g/mol. The van der Waals surface area contributed by atoms with E-state index >= 15 is 0 Å². The molecule has 0 aliphatic heterocycles. The van der Waals surface area contributed by atoms with Gasteiger partial charge in [0.2, 0.25) is 0 Å². The van der Waals surface area contributed by atoms with Crippen molar-refractivity contribution in [2.24, 2.45) is 0 Å². The monoisotopic (exact) mass is 158 g/mol. The highest BCUT2D eigenvalue weighted by atomic mass is 35.5. The molecule has 1 aromatic rings. The maximum Gasteiger partial charge on any atom is 0.123 e. The molecule has 0 saturated carbocycles. The van der Waals surface area contributed by atoms with Gasteiger partial charge < -0.3 is 5.73 Å². The summed E-state index contributed by atoms with van der Waals surface area (Å²) in [6, 6.07) is 3.85. The van der Waals surface area contributed by atoms with Gasteiger partial charge in [0, 0.05) is 5.69 Å². The molecule has 0 saturated heterocycles. The van der Waals surface area contributed by atoms with Crippen LogP contribution in [0.3, 0.4) is 0 Å². The van der Waals surface area contributed by atoms with Crippen molar-refractivity contribution in [1.29, 1.82) is 0 Å². The fourth-order valence-electron chi connectivity index (χ4n) is 0.873. The third-order valence-electron chi connectivity index (χ3n) is 1.12. The SMILES string of the molecule is Cc1cc(C)nc(N)c1.Cl. The van der Waals surface area contributed by atoms with Crippen LogP contribution in [0.4, 0.5) is 5.82 Å². The van der Waals surface area contributed by atoms with Gasteiger partial charge in [-0.25, -0.2) is 4.98 Å². The van der Waals surface area contributed by atoms with Gasteiger partial charge in [0.1, 0.15) is 5.82 Å². The van der Waals surface area contributed by atoms with Gasteiger partial charge in [-0.1, -0.05) is 0 Å². The Balaban J connectivity index is 0.000000810. The molecule has 1 heterocycles. The van der Waals surface area contributed by atoms with Gasteiger partial charge in [0.25, 0.3) is 0 Å². The van der Waals surface area contributed by atoms with Crippen molar-refractivity contribution < 1.29 is 0 Å². The smallest absolute Gasteiger partial charge is 0.123 e. The summed E-state index contributed by atoms with van der Waals surface area (Å²) in [6.45, 7) is 3.94. The van der Waals surface area contributed by atoms with E-state index in [1.54, 1.807) is 0 Å². The normalized spacial score (nSPS) is 8.60. The summed E-state index contributed by atoms with van der Waals surface area (Å²) in [5.41, 5.74) is 7.59. The predicted octanol–water partition coefficient (Wildman–Crippen LogP) is 1.70.